The van der Waals surface area contributed by atoms with E-state index in [4.69, 9.17) is 5.11 Å². The van der Waals surface area contributed by atoms with Crippen molar-refractivity contribution in [1.82, 2.24) is 10.6 Å². The molecule has 0 radical (unpaired) electrons. The van der Waals surface area contributed by atoms with Crippen LogP contribution in [0, 0.1) is 0 Å². The minimum atomic E-state index is -0.178. The van der Waals surface area contributed by atoms with Gasteiger partial charge in [-0.2, -0.15) is 0 Å². The number of aliphatic hydroxyl groups excluding tert-OH is 1. The van der Waals surface area contributed by atoms with E-state index in [-0.39, 0.29) is 18.7 Å². The molecule has 3 N–H and O–H groups in total. The van der Waals surface area contributed by atoms with Gasteiger partial charge in [0.2, 0.25) is 0 Å². The highest BCUT2D eigenvalue weighted by Gasteiger charge is 2.04. The second-order valence-electron chi connectivity index (χ2n) is 4.43. The van der Waals surface area contributed by atoms with Gasteiger partial charge in [0.25, 0.3) is 0 Å². The Morgan fingerprint density at radius 1 is 1.37 bits per heavy atom. The molecule has 1 unspecified atom stereocenters. The van der Waals surface area contributed by atoms with Crippen molar-refractivity contribution in [2.75, 3.05) is 13.2 Å². The van der Waals surface area contributed by atoms with Gasteiger partial charge >= 0.3 is 6.03 Å². The number of rotatable bonds is 7. The Hall–Kier alpha value is -1.81. The zero-order valence-corrected chi connectivity index (χ0v) is 11.3. The van der Waals surface area contributed by atoms with Crippen LogP contribution in [0.2, 0.25) is 0 Å². The summed E-state index contributed by atoms with van der Waals surface area (Å²) in [5, 5.41) is 14.3. The van der Waals surface area contributed by atoms with Gasteiger partial charge in [0, 0.05) is 19.2 Å². The van der Waals surface area contributed by atoms with Crippen molar-refractivity contribution in [3.05, 3.63) is 42.0 Å². The fraction of sp³-hybridized carbons (Fsp3) is 0.400. The monoisotopic (exact) mass is 262 g/mol. The van der Waals surface area contributed by atoms with Crippen LogP contribution in [-0.4, -0.2) is 30.3 Å². The van der Waals surface area contributed by atoms with Crippen molar-refractivity contribution in [3.63, 3.8) is 0 Å². The highest BCUT2D eigenvalue weighted by Crippen LogP contribution is 2.00. The molecule has 1 atom stereocenters. The number of hydrogen-bond acceptors (Lipinski definition) is 2. The third-order valence-electron chi connectivity index (χ3n) is 2.66. The summed E-state index contributed by atoms with van der Waals surface area (Å²) in [4.78, 5) is 11.5. The molecule has 1 aromatic rings. The number of urea groups is 1. The van der Waals surface area contributed by atoms with Crippen LogP contribution in [0.25, 0.3) is 6.08 Å². The molecular weight excluding hydrogens is 240 g/mol. The largest absolute Gasteiger partial charge is 0.396 e. The lowest BCUT2D eigenvalue weighted by Gasteiger charge is -2.13. The molecule has 4 heteroatoms. The Bertz CT molecular complexity index is 390. The van der Waals surface area contributed by atoms with E-state index in [1.54, 1.807) is 0 Å². The molecule has 1 rings (SSSR count). The van der Waals surface area contributed by atoms with Crippen molar-refractivity contribution < 1.29 is 9.90 Å². The lowest BCUT2D eigenvalue weighted by atomic mass is 10.2. The number of carbonyl (C=O) groups is 1. The Labute approximate surface area is 114 Å². The zero-order valence-electron chi connectivity index (χ0n) is 11.3. The van der Waals surface area contributed by atoms with Gasteiger partial charge in [-0.05, 0) is 25.3 Å². The van der Waals surface area contributed by atoms with E-state index in [9.17, 15) is 4.79 Å². The van der Waals surface area contributed by atoms with E-state index in [1.165, 1.54) is 0 Å². The molecule has 19 heavy (non-hydrogen) atoms. The fourth-order valence-corrected chi connectivity index (χ4v) is 1.66. The molecule has 0 heterocycles. The SMILES string of the molecule is CC(CCCO)NC(=O)NC/C=C/c1ccccc1. The average Bonchev–Trinajstić information content (AvgIpc) is 2.42. The van der Waals surface area contributed by atoms with E-state index in [0.29, 0.717) is 13.0 Å². The first-order valence-corrected chi connectivity index (χ1v) is 6.59. The average molecular weight is 262 g/mol. The molecule has 0 spiro atoms. The molecule has 0 fully saturated rings. The first-order chi connectivity index (χ1) is 9.22. The first kappa shape index (κ1) is 15.2. The first-order valence-electron chi connectivity index (χ1n) is 6.59. The molecule has 1 aromatic carbocycles. The molecule has 0 aliphatic rings. The Kier molecular flexibility index (Phi) is 7.35. The van der Waals surface area contributed by atoms with E-state index in [1.807, 2.05) is 49.4 Å². The Morgan fingerprint density at radius 3 is 2.79 bits per heavy atom. The van der Waals surface area contributed by atoms with Crippen molar-refractivity contribution in [2.45, 2.75) is 25.8 Å². The highest BCUT2D eigenvalue weighted by atomic mass is 16.3. The van der Waals surface area contributed by atoms with Gasteiger partial charge in [-0.25, -0.2) is 4.79 Å². The summed E-state index contributed by atoms with van der Waals surface area (Å²) in [5.41, 5.74) is 1.11. The van der Waals surface area contributed by atoms with Crippen LogP contribution in [0.3, 0.4) is 0 Å². The maximum Gasteiger partial charge on any atom is 0.315 e. The van der Waals surface area contributed by atoms with E-state index < -0.39 is 0 Å². The van der Waals surface area contributed by atoms with Gasteiger partial charge in [-0.15, -0.1) is 0 Å². The molecule has 0 bridgehead atoms. The third kappa shape index (κ3) is 7.26. The summed E-state index contributed by atoms with van der Waals surface area (Å²) in [6.45, 7) is 2.58. The topological polar surface area (TPSA) is 61.4 Å². The smallest absolute Gasteiger partial charge is 0.315 e. The molecule has 4 nitrogen and oxygen atoms in total. The molecular formula is C15H22N2O2. The number of amides is 2. The lowest BCUT2D eigenvalue weighted by Crippen LogP contribution is -2.40. The predicted molar refractivity (Wildman–Crippen MR) is 77.8 cm³/mol. The fourth-order valence-electron chi connectivity index (χ4n) is 1.66. The van der Waals surface area contributed by atoms with Crippen LogP contribution in [0.15, 0.2) is 36.4 Å². The van der Waals surface area contributed by atoms with Gasteiger partial charge in [-0.3, -0.25) is 0 Å². The van der Waals surface area contributed by atoms with Crippen LogP contribution in [-0.2, 0) is 0 Å². The van der Waals surface area contributed by atoms with Crippen LogP contribution in [0.4, 0.5) is 4.79 Å². The Morgan fingerprint density at radius 2 is 2.11 bits per heavy atom. The van der Waals surface area contributed by atoms with Crippen LogP contribution in [0.5, 0.6) is 0 Å². The predicted octanol–water partition coefficient (Wildman–Crippen LogP) is 2.16. The lowest BCUT2D eigenvalue weighted by molar-refractivity contribution is 0.235. The van der Waals surface area contributed by atoms with Gasteiger partial charge in [0.1, 0.15) is 0 Å². The number of aliphatic hydroxyl groups is 1. The van der Waals surface area contributed by atoms with Crippen LogP contribution in [0.1, 0.15) is 25.3 Å². The minimum Gasteiger partial charge on any atom is -0.396 e. The molecule has 0 aromatic heterocycles. The summed E-state index contributed by atoms with van der Waals surface area (Å²) in [7, 11) is 0. The zero-order chi connectivity index (χ0) is 13.9. The van der Waals surface area contributed by atoms with Crippen molar-refractivity contribution in [2.24, 2.45) is 0 Å². The van der Waals surface area contributed by atoms with E-state index >= 15 is 0 Å². The third-order valence-corrected chi connectivity index (χ3v) is 2.66. The summed E-state index contributed by atoms with van der Waals surface area (Å²) < 4.78 is 0. The minimum absolute atomic E-state index is 0.0743. The molecule has 0 aliphatic carbocycles. The normalized spacial score (nSPS) is 12.3. The maximum atomic E-state index is 11.5. The number of nitrogens with one attached hydrogen (secondary N) is 2. The highest BCUT2D eigenvalue weighted by molar-refractivity contribution is 5.74. The summed E-state index contributed by atoms with van der Waals surface area (Å²) in [6, 6.07) is 9.83. The molecule has 0 saturated heterocycles. The van der Waals surface area contributed by atoms with Gasteiger partial charge < -0.3 is 15.7 Å². The van der Waals surface area contributed by atoms with Gasteiger partial charge in [0.15, 0.2) is 0 Å². The van der Waals surface area contributed by atoms with Crippen molar-refractivity contribution in [3.8, 4) is 0 Å². The summed E-state index contributed by atoms with van der Waals surface area (Å²) >= 11 is 0. The van der Waals surface area contributed by atoms with E-state index in [0.717, 1.165) is 12.0 Å². The number of hydrogen-bond donors (Lipinski definition) is 3. The van der Waals surface area contributed by atoms with Crippen LogP contribution >= 0.6 is 0 Å². The molecule has 2 amide bonds. The second-order valence-corrected chi connectivity index (χ2v) is 4.43. The Balaban J connectivity index is 2.18. The van der Waals surface area contributed by atoms with Crippen molar-refractivity contribution >= 4 is 12.1 Å². The van der Waals surface area contributed by atoms with Crippen LogP contribution < -0.4 is 10.6 Å². The summed E-state index contributed by atoms with van der Waals surface area (Å²) in [5.74, 6) is 0. The molecule has 104 valence electrons. The number of carbonyl (C=O) groups excluding carboxylic acids is 1. The maximum absolute atomic E-state index is 11.5. The standard InChI is InChI=1S/C15H22N2O2/c1-13(7-6-12-18)17-15(19)16-11-5-10-14-8-3-2-4-9-14/h2-5,8-10,13,18H,6-7,11-12H2,1H3,(H2,16,17,19)/b10-5+. The van der Waals surface area contributed by atoms with Crippen molar-refractivity contribution in [1.29, 1.82) is 0 Å². The quantitative estimate of drug-likeness (QED) is 0.705. The van der Waals surface area contributed by atoms with E-state index in [2.05, 4.69) is 10.6 Å². The summed E-state index contributed by atoms with van der Waals surface area (Å²) in [6.07, 6.45) is 5.36. The van der Waals surface area contributed by atoms with Gasteiger partial charge in [-0.1, -0.05) is 42.5 Å². The molecule has 0 saturated carbocycles. The number of benzene rings is 1. The molecule has 0 aliphatic heterocycles. The second kappa shape index (κ2) is 9.16. The van der Waals surface area contributed by atoms with Gasteiger partial charge in [0.05, 0.1) is 0 Å².